The van der Waals surface area contributed by atoms with Crippen molar-refractivity contribution < 1.29 is 23.5 Å². The fourth-order valence-corrected chi connectivity index (χ4v) is 3.94. The number of aromatic nitrogens is 1. The molecule has 0 radical (unpaired) electrons. The molecule has 5 rings (SSSR count). The number of benzene rings is 1. The number of nitrogens with one attached hydrogen (secondary N) is 2. The number of rotatable bonds is 4. The summed E-state index contributed by atoms with van der Waals surface area (Å²) in [6.07, 6.45) is 1.45. The lowest BCUT2D eigenvalue weighted by Gasteiger charge is -2.29. The number of methoxy groups -OCH3 is 1. The van der Waals surface area contributed by atoms with Crippen molar-refractivity contribution in [3.63, 3.8) is 0 Å². The molecule has 2 N–H and O–H groups in total. The number of nitrogens with zero attached hydrogens (tertiary/aromatic N) is 3. The van der Waals surface area contributed by atoms with E-state index in [-0.39, 0.29) is 30.5 Å². The van der Waals surface area contributed by atoms with Crippen LogP contribution in [0.1, 0.15) is 27.4 Å². The first-order valence-electron chi connectivity index (χ1n) is 9.33. The van der Waals surface area contributed by atoms with E-state index in [1.54, 1.807) is 24.3 Å². The molecule has 0 bridgehead atoms. The first-order chi connectivity index (χ1) is 14.9. The maximum atomic E-state index is 13.0. The van der Waals surface area contributed by atoms with Crippen LogP contribution in [0.4, 0.5) is 4.79 Å². The lowest BCUT2D eigenvalue weighted by molar-refractivity contribution is -0.125. The third-order valence-corrected chi connectivity index (χ3v) is 5.50. The molecule has 0 aliphatic carbocycles. The third-order valence-electron chi connectivity index (χ3n) is 5.50. The molecule has 2 aromatic heterocycles. The highest BCUT2D eigenvalue weighted by molar-refractivity contribution is 6.08. The zero-order valence-electron chi connectivity index (χ0n) is 16.3. The SMILES string of the molecule is COc1ccc2c(c1)C(=O)N(C[C@@]1(c3cc4cnc(C#N)cc4o3)NC(=O)NC1=O)C2. The van der Waals surface area contributed by atoms with Gasteiger partial charge < -0.3 is 19.4 Å². The van der Waals surface area contributed by atoms with Gasteiger partial charge in [-0.05, 0) is 23.8 Å². The van der Waals surface area contributed by atoms with Crippen LogP contribution in [0.15, 0.2) is 40.9 Å². The van der Waals surface area contributed by atoms with Crippen molar-refractivity contribution in [2.24, 2.45) is 0 Å². The van der Waals surface area contributed by atoms with Crippen LogP contribution in [-0.4, -0.2) is 41.4 Å². The molecule has 10 nitrogen and oxygen atoms in total. The molecule has 0 saturated carbocycles. The van der Waals surface area contributed by atoms with Crippen LogP contribution < -0.4 is 15.4 Å². The molecule has 0 spiro atoms. The summed E-state index contributed by atoms with van der Waals surface area (Å²) >= 11 is 0. The Labute approximate surface area is 175 Å². The van der Waals surface area contributed by atoms with Gasteiger partial charge in [0.15, 0.2) is 5.54 Å². The highest BCUT2D eigenvalue weighted by Gasteiger charge is 2.53. The fraction of sp³-hybridized carbons (Fsp3) is 0.190. The Morgan fingerprint density at radius 1 is 1.29 bits per heavy atom. The zero-order valence-corrected chi connectivity index (χ0v) is 16.3. The van der Waals surface area contributed by atoms with Crippen LogP contribution in [0.5, 0.6) is 5.75 Å². The summed E-state index contributed by atoms with van der Waals surface area (Å²) in [6, 6.07) is 9.46. The average molecular weight is 417 g/mol. The van der Waals surface area contributed by atoms with Gasteiger partial charge in [-0.1, -0.05) is 6.07 Å². The van der Waals surface area contributed by atoms with Crippen molar-refractivity contribution in [2.45, 2.75) is 12.1 Å². The van der Waals surface area contributed by atoms with Crippen LogP contribution in [0, 0.1) is 11.3 Å². The number of pyridine rings is 1. The number of hydrogen-bond acceptors (Lipinski definition) is 7. The molecule has 3 aromatic rings. The van der Waals surface area contributed by atoms with E-state index in [4.69, 9.17) is 14.4 Å². The van der Waals surface area contributed by atoms with E-state index in [1.165, 1.54) is 24.3 Å². The largest absolute Gasteiger partial charge is 0.497 e. The van der Waals surface area contributed by atoms with E-state index in [1.807, 2.05) is 6.07 Å². The van der Waals surface area contributed by atoms with Crippen LogP contribution in [0.2, 0.25) is 0 Å². The van der Waals surface area contributed by atoms with Crippen molar-refractivity contribution in [3.8, 4) is 11.8 Å². The van der Waals surface area contributed by atoms with E-state index in [9.17, 15) is 14.4 Å². The van der Waals surface area contributed by atoms with Crippen LogP contribution in [0.3, 0.4) is 0 Å². The summed E-state index contributed by atoms with van der Waals surface area (Å²) in [5.41, 5.74) is 0.145. The number of hydrogen-bond donors (Lipinski definition) is 2. The first kappa shape index (κ1) is 18.6. The smallest absolute Gasteiger partial charge is 0.322 e. The topological polar surface area (TPSA) is 138 Å². The Morgan fingerprint density at radius 3 is 2.84 bits per heavy atom. The fourth-order valence-electron chi connectivity index (χ4n) is 3.94. The Hall–Kier alpha value is -4.39. The van der Waals surface area contributed by atoms with Crippen molar-refractivity contribution in [2.75, 3.05) is 13.7 Å². The number of carbonyl (C=O) groups excluding carboxylic acids is 3. The molecule has 4 amide bonds. The van der Waals surface area contributed by atoms with E-state index in [0.29, 0.717) is 22.3 Å². The lowest BCUT2D eigenvalue weighted by Crippen LogP contribution is -2.52. The van der Waals surface area contributed by atoms with Crippen molar-refractivity contribution >= 4 is 28.8 Å². The van der Waals surface area contributed by atoms with Crippen molar-refractivity contribution in [1.29, 1.82) is 5.26 Å². The first-order valence-corrected chi connectivity index (χ1v) is 9.33. The number of amides is 4. The third kappa shape index (κ3) is 2.78. The number of imide groups is 1. The molecule has 1 atom stereocenters. The van der Waals surface area contributed by atoms with Crippen LogP contribution >= 0.6 is 0 Å². The van der Waals surface area contributed by atoms with Crippen LogP contribution in [0.25, 0.3) is 11.0 Å². The van der Waals surface area contributed by atoms with Gasteiger partial charge in [0.25, 0.3) is 11.8 Å². The number of ether oxygens (including phenoxy) is 1. The summed E-state index contributed by atoms with van der Waals surface area (Å²) in [6.45, 7) is 0.127. The molecule has 154 valence electrons. The molecule has 4 heterocycles. The molecule has 1 aromatic carbocycles. The quantitative estimate of drug-likeness (QED) is 0.612. The Balaban J connectivity index is 1.55. The van der Waals surface area contributed by atoms with Crippen molar-refractivity contribution in [3.05, 3.63) is 59.1 Å². The minimum atomic E-state index is -1.62. The second kappa shape index (κ2) is 6.56. The molecule has 1 saturated heterocycles. The van der Waals surface area contributed by atoms with Gasteiger partial charge in [0, 0.05) is 29.8 Å². The normalized spacial score (nSPS) is 19.9. The predicted molar refractivity (Wildman–Crippen MR) is 105 cm³/mol. The molecule has 2 aliphatic rings. The maximum Gasteiger partial charge on any atom is 0.322 e. The summed E-state index contributed by atoms with van der Waals surface area (Å²) in [5, 5.41) is 14.5. The standard InChI is InChI=1S/C21H15N5O5/c1-30-14-3-2-11-9-26(18(27)15(11)6-14)10-21(19(28)24-20(29)25-21)17-4-12-8-23-13(7-22)5-16(12)31-17/h2-6,8H,9-10H2,1H3,(H2,24,25,28,29)/t21-/m0/s1. The number of furan rings is 1. The number of carbonyl (C=O) groups is 3. The van der Waals surface area contributed by atoms with E-state index < -0.39 is 17.5 Å². The minimum absolute atomic E-state index is 0.140. The monoisotopic (exact) mass is 417 g/mol. The molecular weight excluding hydrogens is 402 g/mol. The van der Waals surface area contributed by atoms with Crippen LogP contribution in [-0.2, 0) is 16.9 Å². The maximum absolute atomic E-state index is 13.0. The molecule has 1 fully saturated rings. The number of nitriles is 1. The van der Waals surface area contributed by atoms with E-state index in [0.717, 1.165) is 5.56 Å². The minimum Gasteiger partial charge on any atom is -0.497 e. The van der Waals surface area contributed by atoms with E-state index in [2.05, 4.69) is 15.6 Å². The van der Waals surface area contributed by atoms with Gasteiger partial charge in [0.05, 0.1) is 13.7 Å². The summed E-state index contributed by atoms with van der Waals surface area (Å²) in [4.78, 5) is 43.4. The summed E-state index contributed by atoms with van der Waals surface area (Å²) in [7, 11) is 1.51. The molecule has 10 heteroatoms. The predicted octanol–water partition coefficient (Wildman–Crippen LogP) is 1.40. The zero-order chi connectivity index (χ0) is 21.8. The van der Waals surface area contributed by atoms with Gasteiger partial charge in [-0.3, -0.25) is 14.9 Å². The van der Waals surface area contributed by atoms with Gasteiger partial charge >= 0.3 is 6.03 Å². The van der Waals surface area contributed by atoms with Crippen molar-refractivity contribution in [1.82, 2.24) is 20.5 Å². The summed E-state index contributed by atoms with van der Waals surface area (Å²) < 4.78 is 11.0. The van der Waals surface area contributed by atoms with Gasteiger partial charge in [0.2, 0.25) is 0 Å². The molecule has 2 aliphatic heterocycles. The molecule has 0 unspecified atom stereocenters. The van der Waals surface area contributed by atoms with Gasteiger partial charge in [0.1, 0.15) is 28.9 Å². The summed E-state index contributed by atoms with van der Waals surface area (Å²) in [5.74, 6) is -0.226. The second-order valence-corrected chi connectivity index (χ2v) is 7.33. The van der Waals surface area contributed by atoms with Gasteiger partial charge in [-0.25, -0.2) is 9.78 Å². The molecule has 31 heavy (non-hydrogen) atoms. The number of fused-ring (bicyclic) bond motifs is 2. The number of urea groups is 1. The van der Waals surface area contributed by atoms with Gasteiger partial charge in [-0.2, -0.15) is 5.26 Å². The lowest BCUT2D eigenvalue weighted by atomic mass is 9.95. The molecular formula is C21H15N5O5. The Morgan fingerprint density at radius 2 is 2.13 bits per heavy atom. The second-order valence-electron chi connectivity index (χ2n) is 7.33. The van der Waals surface area contributed by atoms with E-state index >= 15 is 0 Å². The average Bonchev–Trinajstić information content (AvgIpc) is 3.41. The highest BCUT2D eigenvalue weighted by atomic mass is 16.5. The Bertz CT molecular complexity index is 1320. The Kier molecular flexibility index (Phi) is 3.94. The highest BCUT2D eigenvalue weighted by Crippen LogP contribution is 2.34. The van der Waals surface area contributed by atoms with Gasteiger partial charge in [-0.15, -0.1) is 0 Å².